The molecule has 0 spiro atoms. The Morgan fingerprint density at radius 3 is 1.83 bits per heavy atom. The lowest BCUT2D eigenvalue weighted by atomic mass is 10.1. The molecule has 0 unspecified atom stereocenters. The summed E-state index contributed by atoms with van der Waals surface area (Å²) in [5.41, 5.74) is 2.08. The Hall–Kier alpha value is -4.43. The number of anilines is 1. The minimum Gasteiger partial charge on any atom is -0.545 e. The number of carboxylic acids is 1. The average molecular weight is 543 g/mol. The molecule has 4 aromatic rings. The van der Waals surface area contributed by atoms with Crippen LogP contribution >= 0.6 is 15.9 Å². The molecule has 0 aliphatic carbocycles. The summed E-state index contributed by atoms with van der Waals surface area (Å²) in [4.78, 5) is 38.0. The van der Waals surface area contributed by atoms with E-state index in [0.717, 1.165) is 10.0 Å². The van der Waals surface area contributed by atoms with Crippen LogP contribution in [0.1, 0.15) is 36.6 Å². The van der Waals surface area contributed by atoms with Gasteiger partial charge in [0, 0.05) is 4.47 Å². The number of ether oxygens (including phenoxy) is 2. The highest BCUT2D eigenvalue weighted by Crippen LogP contribution is 2.34. The van der Waals surface area contributed by atoms with E-state index in [1.165, 1.54) is 29.2 Å². The lowest BCUT2D eigenvalue weighted by Crippen LogP contribution is -2.29. The number of fused-ring (bicyclic) bond motifs is 1. The Morgan fingerprint density at radius 1 is 0.722 bits per heavy atom. The van der Waals surface area contributed by atoms with Gasteiger partial charge in [0.05, 0.1) is 22.8 Å². The molecule has 1 heterocycles. The third kappa shape index (κ3) is 4.46. The molecular weight excluding hydrogens is 526 g/mol. The van der Waals surface area contributed by atoms with Crippen LogP contribution in [0.2, 0.25) is 0 Å². The van der Waals surface area contributed by atoms with E-state index in [2.05, 4.69) is 15.9 Å². The van der Waals surface area contributed by atoms with E-state index < -0.39 is 11.9 Å². The number of carboxylic acid groups (broad SMARTS) is 1. The summed E-state index contributed by atoms with van der Waals surface area (Å²) in [6.45, 7) is 1.89. The highest BCUT2D eigenvalue weighted by Gasteiger charge is 2.37. The number of benzene rings is 4. The summed E-state index contributed by atoms with van der Waals surface area (Å²) in [5, 5.41) is 10.9. The number of nitrogens with zero attached hydrogens (tertiary/aromatic N) is 1. The number of amides is 2. The van der Waals surface area contributed by atoms with Gasteiger partial charge in [-0.05, 0) is 103 Å². The molecule has 0 bridgehead atoms. The van der Waals surface area contributed by atoms with Gasteiger partial charge in [-0.2, -0.15) is 0 Å². The highest BCUT2D eigenvalue weighted by atomic mass is 79.9. The van der Waals surface area contributed by atoms with E-state index in [4.69, 9.17) is 9.47 Å². The zero-order valence-corrected chi connectivity index (χ0v) is 20.4. The normalized spacial score (nSPS) is 12.4. The van der Waals surface area contributed by atoms with E-state index >= 15 is 0 Å². The van der Waals surface area contributed by atoms with Crippen molar-refractivity contribution in [3.05, 3.63) is 112 Å². The molecule has 178 valence electrons. The molecule has 0 saturated carbocycles. The van der Waals surface area contributed by atoms with Gasteiger partial charge in [-0.1, -0.05) is 15.9 Å². The number of aryl methyl sites for hydroxylation is 1. The number of carbonyl (C=O) groups is 3. The smallest absolute Gasteiger partial charge is 0.266 e. The monoisotopic (exact) mass is 542 g/mol. The van der Waals surface area contributed by atoms with Crippen molar-refractivity contribution in [3.63, 3.8) is 0 Å². The van der Waals surface area contributed by atoms with Crippen molar-refractivity contribution in [1.29, 1.82) is 0 Å². The zero-order chi connectivity index (χ0) is 25.4. The first kappa shape index (κ1) is 23.3. The number of hydrogen-bond acceptors (Lipinski definition) is 6. The van der Waals surface area contributed by atoms with Crippen LogP contribution in [-0.4, -0.2) is 17.8 Å². The predicted octanol–water partition coefficient (Wildman–Crippen LogP) is 5.51. The number of aromatic carboxylic acids is 1. The van der Waals surface area contributed by atoms with Crippen LogP contribution in [0.15, 0.2) is 89.4 Å². The van der Waals surface area contributed by atoms with Crippen molar-refractivity contribution < 1.29 is 29.0 Å². The highest BCUT2D eigenvalue weighted by molar-refractivity contribution is 9.10. The summed E-state index contributed by atoms with van der Waals surface area (Å²) in [7, 11) is 0. The maximum absolute atomic E-state index is 13.1. The van der Waals surface area contributed by atoms with Gasteiger partial charge in [0.1, 0.15) is 23.0 Å². The van der Waals surface area contributed by atoms with Gasteiger partial charge in [-0.25, -0.2) is 4.90 Å². The third-order valence-corrected chi connectivity index (χ3v) is 6.53. The van der Waals surface area contributed by atoms with E-state index in [-0.39, 0.29) is 17.0 Å². The number of carbonyl (C=O) groups excluding carboxylic acids is 3. The maximum Gasteiger partial charge on any atom is 0.266 e. The van der Waals surface area contributed by atoms with E-state index in [1.807, 2.05) is 6.92 Å². The van der Waals surface area contributed by atoms with Crippen LogP contribution in [-0.2, 0) is 0 Å². The average Bonchev–Trinajstić information content (AvgIpc) is 3.12. The van der Waals surface area contributed by atoms with E-state index in [1.54, 1.807) is 60.7 Å². The number of imide groups is 1. The lowest BCUT2D eigenvalue weighted by Gasteiger charge is -2.14. The van der Waals surface area contributed by atoms with Crippen LogP contribution in [0.5, 0.6) is 23.0 Å². The van der Waals surface area contributed by atoms with E-state index in [9.17, 15) is 19.5 Å². The van der Waals surface area contributed by atoms with Crippen LogP contribution in [0, 0.1) is 6.92 Å². The standard InChI is InChI=1S/C28H18BrNO6/c1-16-14-18(4-13-25(16)29)30-26(31)23-12-11-22(15-24(23)27(30)32)36-21-9-7-20(8-10-21)35-19-5-2-17(3-6-19)28(33)34/h2-15H,1H3,(H,33,34)/p-1. The molecule has 0 atom stereocenters. The Morgan fingerprint density at radius 2 is 1.25 bits per heavy atom. The molecule has 1 aliphatic heterocycles. The number of rotatable bonds is 6. The van der Waals surface area contributed by atoms with Crippen LogP contribution in [0.3, 0.4) is 0 Å². The second-order valence-electron chi connectivity index (χ2n) is 8.07. The maximum atomic E-state index is 13.1. The van der Waals surface area contributed by atoms with Crippen molar-refractivity contribution in [2.45, 2.75) is 6.92 Å². The molecule has 0 N–H and O–H groups in total. The molecule has 0 saturated heterocycles. The first-order chi connectivity index (χ1) is 17.3. The Balaban J connectivity index is 1.30. The minimum atomic E-state index is -1.25. The molecular formula is C28H17BrNO6-. The molecule has 7 nitrogen and oxygen atoms in total. The molecule has 8 heteroatoms. The van der Waals surface area contributed by atoms with Crippen molar-refractivity contribution in [2.24, 2.45) is 0 Å². The summed E-state index contributed by atoms with van der Waals surface area (Å²) in [6, 6.07) is 22.8. The number of hydrogen-bond donors (Lipinski definition) is 0. The largest absolute Gasteiger partial charge is 0.545 e. The summed E-state index contributed by atoms with van der Waals surface area (Å²) < 4.78 is 12.5. The fraction of sp³-hybridized carbons (Fsp3) is 0.0357. The lowest BCUT2D eigenvalue weighted by molar-refractivity contribution is -0.255. The van der Waals surface area contributed by atoms with E-state index in [0.29, 0.717) is 34.2 Å². The molecule has 0 aromatic heterocycles. The molecule has 4 aromatic carbocycles. The van der Waals surface area contributed by atoms with Crippen LogP contribution in [0.25, 0.3) is 0 Å². The van der Waals surface area contributed by atoms with Gasteiger partial charge in [0.15, 0.2) is 0 Å². The van der Waals surface area contributed by atoms with Gasteiger partial charge in [0.2, 0.25) is 0 Å². The molecule has 0 radical (unpaired) electrons. The quantitative estimate of drug-likeness (QED) is 0.298. The SMILES string of the molecule is Cc1cc(N2C(=O)c3ccc(Oc4ccc(Oc5ccc(C(=O)[O-])cc5)cc4)cc3C2=O)ccc1Br. The van der Waals surface area contributed by atoms with Crippen molar-refractivity contribution in [2.75, 3.05) is 4.90 Å². The van der Waals surface area contributed by atoms with Crippen LogP contribution in [0.4, 0.5) is 5.69 Å². The van der Waals surface area contributed by atoms with Crippen molar-refractivity contribution >= 4 is 39.4 Å². The summed E-state index contributed by atoms with van der Waals surface area (Å²) >= 11 is 3.43. The van der Waals surface area contributed by atoms with Crippen molar-refractivity contribution in [1.82, 2.24) is 0 Å². The minimum absolute atomic E-state index is 0.0655. The first-order valence-corrected chi connectivity index (χ1v) is 11.7. The fourth-order valence-corrected chi connectivity index (χ4v) is 4.04. The zero-order valence-electron chi connectivity index (χ0n) is 18.9. The van der Waals surface area contributed by atoms with Gasteiger partial charge in [-0.3, -0.25) is 9.59 Å². The molecule has 5 rings (SSSR count). The summed E-state index contributed by atoms with van der Waals surface area (Å²) in [5.74, 6) is -0.119. The predicted molar refractivity (Wildman–Crippen MR) is 134 cm³/mol. The molecule has 2 amide bonds. The Kier molecular flexibility index (Phi) is 6.03. The fourth-order valence-electron chi connectivity index (χ4n) is 3.79. The summed E-state index contributed by atoms with van der Waals surface area (Å²) in [6.07, 6.45) is 0. The van der Waals surface area contributed by atoms with Gasteiger partial charge in [0.25, 0.3) is 11.8 Å². The van der Waals surface area contributed by atoms with Gasteiger partial charge in [-0.15, -0.1) is 0 Å². The second-order valence-corrected chi connectivity index (χ2v) is 8.93. The molecule has 0 fully saturated rings. The third-order valence-electron chi connectivity index (χ3n) is 5.64. The van der Waals surface area contributed by atoms with Crippen molar-refractivity contribution in [3.8, 4) is 23.0 Å². The molecule has 1 aliphatic rings. The second kappa shape index (κ2) is 9.31. The topological polar surface area (TPSA) is 96.0 Å². The number of halogens is 1. The molecule has 36 heavy (non-hydrogen) atoms. The van der Waals surface area contributed by atoms with Crippen LogP contribution < -0.4 is 19.5 Å². The van der Waals surface area contributed by atoms with Gasteiger partial charge >= 0.3 is 0 Å². The Bertz CT molecular complexity index is 1510. The van der Waals surface area contributed by atoms with Gasteiger partial charge < -0.3 is 19.4 Å². The Labute approximate surface area is 214 Å². The first-order valence-electron chi connectivity index (χ1n) is 10.9.